The second-order valence-electron chi connectivity index (χ2n) is 6.83. The van der Waals surface area contributed by atoms with Crippen molar-refractivity contribution in [2.45, 2.75) is 57.8 Å². The van der Waals surface area contributed by atoms with Crippen LogP contribution in [0.4, 0.5) is 0 Å². The second-order valence-corrected chi connectivity index (χ2v) is 6.83. The fourth-order valence-corrected chi connectivity index (χ4v) is 3.45. The summed E-state index contributed by atoms with van der Waals surface area (Å²) < 4.78 is 12.1. The summed E-state index contributed by atoms with van der Waals surface area (Å²) >= 11 is 0. The van der Waals surface area contributed by atoms with E-state index in [1.165, 1.54) is 0 Å². The third kappa shape index (κ3) is 3.90. The number of hydrogen-bond acceptors (Lipinski definition) is 4. The quantitative estimate of drug-likeness (QED) is 0.837. The Kier molecular flexibility index (Phi) is 4.97. The predicted octanol–water partition coefficient (Wildman–Crippen LogP) is 2.47. The molecule has 3 heterocycles. The summed E-state index contributed by atoms with van der Waals surface area (Å²) in [6, 6.07) is 2.11. The lowest BCUT2D eigenvalue weighted by atomic mass is 9.84. The number of carbonyl (C=O) groups is 1. The van der Waals surface area contributed by atoms with Crippen LogP contribution in [0.1, 0.15) is 43.7 Å². The predicted molar refractivity (Wildman–Crippen MR) is 87.0 cm³/mol. The fourth-order valence-electron chi connectivity index (χ4n) is 3.45. The van der Waals surface area contributed by atoms with Crippen molar-refractivity contribution in [3.05, 3.63) is 29.6 Å². The molecule has 2 aliphatic rings. The normalized spacial score (nSPS) is 22.9. The molecule has 23 heavy (non-hydrogen) atoms. The van der Waals surface area contributed by atoms with Gasteiger partial charge in [0.15, 0.2) is 0 Å². The topological polar surface area (TPSA) is 51.7 Å². The van der Waals surface area contributed by atoms with E-state index in [2.05, 4.69) is 11.1 Å². The standard InChI is InChI=1S/C18H26N2O3/c1-3-4-17(21)20-12-18(13-20)8-16(5-6-23-18)22-11-15-7-14(2)9-19-10-15/h7,9-10,16H,3-6,8,11-13H2,1-2H3/t16-/m1/s1. The molecule has 0 N–H and O–H groups in total. The molecule has 126 valence electrons. The van der Waals surface area contributed by atoms with Crippen molar-refractivity contribution in [2.24, 2.45) is 0 Å². The first-order chi connectivity index (χ1) is 11.1. The van der Waals surface area contributed by atoms with Gasteiger partial charge in [-0.3, -0.25) is 9.78 Å². The van der Waals surface area contributed by atoms with Crippen molar-refractivity contribution in [1.82, 2.24) is 9.88 Å². The average molecular weight is 318 g/mol. The smallest absolute Gasteiger partial charge is 0.222 e. The first-order valence-electron chi connectivity index (χ1n) is 8.54. The average Bonchev–Trinajstić information content (AvgIpc) is 2.51. The Morgan fingerprint density at radius 3 is 3.04 bits per heavy atom. The lowest BCUT2D eigenvalue weighted by Gasteiger charge is -2.53. The van der Waals surface area contributed by atoms with E-state index >= 15 is 0 Å². The molecule has 1 aromatic rings. The van der Waals surface area contributed by atoms with Crippen molar-refractivity contribution < 1.29 is 14.3 Å². The summed E-state index contributed by atoms with van der Waals surface area (Å²) in [7, 11) is 0. The van der Waals surface area contributed by atoms with E-state index in [-0.39, 0.29) is 17.6 Å². The van der Waals surface area contributed by atoms with Crippen LogP contribution in [-0.4, -0.2) is 47.2 Å². The highest BCUT2D eigenvalue weighted by Gasteiger charge is 2.49. The molecular weight excluding hydrogens is 292 g/mol. The number of ether oxygens (including phenoxy) is 2. The number of likely N-dealkylation sites (tertiary alicyclic amines) is 1. The molecule has 2 aliphatic heterocycles. The van der Waals surface area contributed by atoms with Crippen LogP contribution in [0.2, 0.25) is 0 Å². The van der Waals surface area contributed by atoms with Gasteiger partial charge in [-0.15, -0.1) is 0 Å². The highest BCUT2D eigenvalue weighted by Crippen LogP contribution is 2.35. The summed E-state index contributed by atoms with van der Waals surface area (Å²) in [6.45, 7) is 6.82. The molecule has 1 amide bonds. The number of nitrogens with zero attached hydrogens (tertiary/aromatic N) is 2. The number of aryl methyl sites for hydroxylation is 1. The van der Waals surface area contributed by atoms with Gasteiger partial charge in [0.05, 0.1) is 25.8 Å². The van der Waals surface area contributed by atoms with Crippen molar-refractivity contribution >= 4 is 5.91 Å². The van der Waals surface area contributed by atoms with Gasteiger partial charge in [-0.05, 0) is 30.9 Å². The molecular formula is C18H26N2O3. The number of aromatic nitrogens is 1. The van der Waals surface area contributed by atoms with Gasteiger partial charge in [-0.25, -0.2) is 0 Å². The van der Waals surface area contributed by atoms with Crippen LogP contribution in [0, 0.1) is 6.92 Å². The summed E-state index contributed by atoms with van der Waals surface area (Å²) in [5, 5.41) is 0. The molecule has 0 unspecified atom stereocenters. The van der Waals surface area contributed by atoms with Crippen LogP contribution in [0.25, 0.3) is 0 Å². The molecule has 1 spiro atoms. The Hall–Kier alpha value is -1.46. The SMILES string of the molecule is CCCC(=O)N1CC2(C[C@H](OCc3cncc(C)c3)CCO2)C1. The Balaban J connectivity index is 1.49. The molecule has 1 aromatic heterocycles. The van der Waals surface area contributed by atoms with Gasteiger partial charge in [0, 0.05) is 31.8 Å². The first-order valence-corrected chi connectivity index (χ1v) is 8.54. The summed E-state index contributed by atoms with van der Waals surface area (Å²) in [5.74, 6) is 0.246. The molecule has 0 bridgehead atoms. The van der Waals surface area contributed by atoms with Gasteiger partial charge in [-0.1, -0.05) is 13.0 Å². The van der Waals surface area contributed by atoms with E-state index in [9.17, 15) is 4.79 Å². The molecule has 0 radical (unpaired) electrons. The van der Waals surface area contributed by atoms with Gasteiger partial charge >= 0.3 is 0 Å². The maximum absolute atomic E-state index is 11.9. The third-order valence-corrected chi connectivity index (χ3v) is 4.64. The Morgan fingerprint density at radius 2 is 2.30 bits per heavy atom. The van der Waals surface area contributed by atoms with Crippen molar-refractivity contribution in [2.75, 3.05) is 19.7 Å². The van der Waals surface area contributed by atoms with Gasteiger partial charge in [-0.2, -0.15) is 0 Å². The molecule has 2 fully saturated rings. The highest BCUT2D eigenvalue weighted by atomic mass is 16.5. The Morgan fingerprint density at radius 1 is 1.48 bits per heavy atom. The number of hydrogen-bond donors (Lipinski definition) is 0. The van der Waals surface area contributed by atoms with E-state index < -0.39 is 0 Å². The Labute approximate surface area is 138 Å². The summed E-state index contributed by atoms with van der Waals surface area (Å²) in [4.78, 5) is 18.0. The molecule has 0 aliphatic carbocycles. The lowest BCUT2D eigenvalue weighted by molar-refractivity contribution is -0.202. The number of rotatable bonds is 5. The van der Waals surface area contributed by atoms with Crippen LogP contribution >= 0.6 is 0 Å². The monoisotopic (exact) mass is 318 g/mol. The molecule has 5 heteroatoms. The van der Waals surface area contributed by atoms with E-state index in [1.807, 2.05) is 31.1 Å². The van der Waals surface area contributed by atoms with Crippen LogP contribution in [-0.2, 0) is 20.9 Å². The van der Waals surface area contributed by atoms with E-state index in [0.717, 1.165) is 43.5 Å². The maximum atomic E-state index is 11.9. The molecule has 0 saturated carbocycles. The zero-order chi connectivity index (χ0) is 16.3. The second kappa shape index (κ2) is 6.97. The Bertz CT molecular complexity index is 555. The van der Waals surface area contributed by atoms with E-state index in [0.29, 0.717) is 19.6 Å². The van der Waals surface area contributed by atoms with Gasteiger partial charge in [0.2, 0.25) is 5.91 Å². The fraction of sp³-hybridized carbons (Fsp3) is 0.667. The number of carbonyl (C=O) groups excluding carboxylic acids is 1. The van der Waals surface area contributed by atoms with Gasteiger partial charge in [0.1, 0.15) is 5.60 Å². The largest absolute Gasteiger partial charge is 0.373 e. The van der Waals surface area contributed by atoms with Crippen LogP contribution in [0.3, 0.4) is 0 Å². The van der Waals surface area contributed by atoms with Gasteiger partial charge < -0.3 is 14.4 Å². The van der Waals surface area contributed by atoms with Crippen LogP contribution in [0.15, 0.2) is 18.5 Å². The minimum absolute atomic E-state index is 0.169. The molecule has 0 aromatic carbocycles. The summed E-state index contributed by atoms with van der Waals surface area (Å²) in [5.41, 5.74) is 2.09. The zero-order valence-corrected chi connectivity index (χ0v) is 14.1. The maximum Gasteiger partial charge on any atom is 0.222 e. The van der Waals surface area contributed by atoms with Crippen molar-refractivity contribution in [3.63, 3.8) is 0 Å². The molecule has 5 nitrogen and oxygen atoms in total. The number of pyridine rings is 1. The highest BCUT2D eigenvalue weighted by molar-refractivity contribution is 5.77. The number of amides is 1. The van der Waals surface area contributed by atoms with Crippen LogP contribution in [0.5, 0.6) is 0 Å². The molecule has 1 atom stereocenters. The lowest BCUT2D eigenvalue weighted by Crippen LogP contribution is -2.67. The first kappa shape index (κ1) is 16.4. The minimum atomic E-state index is -0.169. The molecule has 2 saturated heterocycles. The summed E-state index contributed by atoms with van der Waals surface area (Å²) in [6.07, 6.45) is 7.24. The zero-order valence-electron chi connectivity index (χ0n) is 14.1. The minimum Gasteiger partial charge on any atom is -0.373 e. The van der Waals surface area contributed by atoms with E-state index in [4.69, 9.17) is 9.47 Å². The van der Waals surface area contributed by atoms with Crippen molar-refractivity contribution in [3.8, 4) is 0 Å². The van der Waals surface area contributed by atoms with Crippen LogP contribution < -0.4 is 0 Å². The third-order valence-electron chi connectivity index (χ3n) is 4.64. The van der Waals surface area contributed by atoms with Gasteiger partial charge in [0.25, 0.3) is 0 Å². The molecule has 3 rings (SSSR count). The van der Waals surface area contributed by atoms with Crippen molar-refractivity contribution in [1.29, 1.82) is 0 Å². The van der Waals surface area contributed by atoms with E-state index in [1.54, 1.807) is 0 Å².